The number of amides is 1. The molecule has 1 aromatic heterocycles. The summed E-state index contributed by atoms with van der Waals surface area (Å²) in [5.41, 5.74) is 0. The van der Waals surface area contributed by atoms with Crippen LogP contribution in [0.5, 0.6) is 0 Å². The first kappa shape index (κ1) is 15.0. The van der Waals surface area contributed by atoms with Crippen molar-refractivity contribution in [2.24, 2.45) is 0 Å². The van der Waals surface area contributed by atoms with Gasteiger partial charge in [0.05, 0.1) is 0 Å². The Bertz CT molecular complexity index is 552. The van der Waals surface area contributed by atoms with Gasteiger partial charge in [0.15, 0.2) is 0 Å². The number of fused-ring (bicyclic) bond motifs is 1. The first-order valence-electron chi connectivity index (χ1n) is 7.47. The molecule has 1 saturated heterocycles. The summed E-state index contributed by atoms with van der Waals surface area (Å²) in [5, 5.41) is 2.85. The molecule has 6 nitrogen and oxygen atoms in total. The Hall–Kier alpha value is -0.891. The summed E-state index contributed by atoms with van der Waals surface area (Å²) in [4.78, 5) is 30.4. The predicted molar refractivity (Wildman–Crippen MR) is 84.8 cm³/mol. The number of carbonyl (C=O) groups excluding carboxylic acids is 1. The predicted octanol–water partition coefficient (Wildman–Crippen LogP) is 0.959. The van der Waals surface area contributed by atoms with Gasteiger partial charge >= 0.3 is 129 Å². The number of aromatic nitrogens is 2. The summed E-state index contributed by atoms with van der Waals surface area (Å²) in [7, 11) is 0. The fourth-order valence-corrected chi connectivity index (χ4v) is 5.28. The van der Waals surface area contributed by atoms with Crippen LogP contribution >= 0.6 is 0 Å². The van der Waals surface area contributed by atoms with Crippen molar-refractivity contribution < 1.29 is 9.53 Å². The number of nitrogens with one attached hydrogen (secondary N) is 1. The molecular weight excluding hydrogens is 375 g/mol. The van der Waals surface area contributed by atoms with E-state index in [1.807, 2.05) is 6.20 Å². The van der Waals surface area contributed by atoms with Crippen LogP contribution < -0.4 is 13.9 Å². The van der Waals surface area contributed by atoms with Crippen LogP contribution in [0.15, 0.2) is 6.20 Å². The SMILES string of the molecule is [CH3][Sn]([CH3])([CH3])[c]1cnc2c(n1)N(C1CCOCC1)CC(=O)N2. The van der Waals surface area contributed by atoms with Gasteiger partial charge in [-0.25, -0.2) is 0 Å². The fraction of sp³-hybridized carbons (Fsp3) is 0.643. The summed E-state index contributed by atoms with van der Waals surface area (Å²) in [5.74, 6) is 1.46. The molecule has 0 bridgehead atoms. The Morgan fingerprint density at radius 2 is 2.05 bits per heavy atom. The standard InChI is InChI=1S/C11H13N4O2.3CH3.Sn/c16-9-7-15(8-1-5-17-6-2-8)11-10(14-9)12-3-4-13-11;;;;/h3,8H,1-2,5-7H2,(H,12,14,16);3*1H3;. The molecule has 7 heteroatoms. The second-order valence-electron chi connectivity index (χ2n) is 6.70. The second-order valence-corrected chi connectivity index (χ2v) is 21.0. The van der Waals surface area contributed by atoms with Crippen molar-refractivity contribution in [3.05, 3.63) is 6.20 Å². The zero-order chi connectivity index (χ0) is 15.0. The van der Waals surface area contributed by atoms with Crippen molar-refractivity contribution in [1.29, 1.82) is 0 Å². The maximum atomic E-state index is 11.9. The van der Waals surface area contributed by atoms with E-state index in [1.165, 1.54) is 0 Å². The molecule has 1 fully saturated rings. The Balaban J connectivity index is 1.98. The zero-order valence-electron chi connectivity index (χ0n) is 12.8. The third-order valence-corrected chi connectivity index (χ3v) is 9.07. The van der Waals surface area contributed by atoms with Crippen molar-refractivity contribution >= 4 is 39.6 Å². The number of hydrogen-bond acceptors (Lipinski definition) is 5. The van der Waals surface area contributed by atoms with Crippen LogP contribution in [0.3, 0.4) is 0 Å². The normalized spacial score (nSPS) is 20.1. The van der Waals surface area contributed by atoms with Gasteiger partial charge in [-0.05, 0) is 0 Å². The quantitative estimate of drug-likeness (QED) is 0.754. The van der Waals surface area contributed by atoms with E-state index in [4.69, 9.17) is 9.72 Å². The van der Waals surface area contributed by atoms with E-state index < -0.39 is 18.4 Å². The molecule has 114 valence electrons. The molecule has 2 aliphatic heterocycles. The van der Waals surface area contributed by atoms with E-state index in [-0.39, 0.29) is 5.91 Å². The molecule has 0 radical (unpaired) electrons. The minimum atomic E-state index is -2.27. The number of nitrogens with zero attached hydrogens (tertiary/aromatic N) is 3. The van der Waals surface area contributed by atoms with E-state index >= 15 is 0 Å². The molecule has 3 heterocycles. The number of carbonyl (C=O) groups is 1. The first-order chi connectivity index (χ1) is 9.95. The molecule has 0 aliphatic carbocycles. The first-order valence-corrected chi connectivity index (χ1v) is 17.5. The summed E-state index contributed by atoms with van der Waals surface area (Å²) >= 11 is -2.27. The van der Waals surface area contributed by atoms with Crippen molar-refractivity contribution in [1.82, 2.24) is 9.97 Å². The van der Waals surface area contributed by atoms with Gasteiger partial charge in [0.25, 0.3) is 0 Å². The van der Waals surface area contributed by atoms with E-state index in [0.717, 1.165) is 35.6 Å². The monoisotopic (exact) mass is 398 g/mol. The summed E-state index contributed by atoms with van der Waals surface area (Å²) < 4.78 is 6.58. The molecule has 3 rings (SSSR count). The van der Waals surface area contributed by atoms with Crippen LogP contribution in [-0.2, 0) is 9.53 Å². The Labute approximate surface area is 129 Å². The molecule has 0 atom stereocenters. The van der Waals surface area contributed by atoms with Crippen LogP contribution in [0, 0.1) is 0 Å². The van der Waals surface area contributed by atoms with E-state index in [1.54, 1.807) is 0 Å². The number of anilines is 2. The molecule has 2 aliphatic rings. The summed E-state index contributed by atoms with van der Waals surface area (Å²) in [6.07, 6.45) is 3.73. The average Bonchev–Trinajstić information content (AvgIpc) is 2.46. The molecule has 0 aromatic carbocycles. The maximum absolute atomic E-state index is 11.9. The number of rotatable bonds is 2. The zero-order valence-corrected chi connectivity index (χ0v) is 15.7. The van der Waals surface area contributed by atoms with Gasteiger partial charge in [0, 0.05) is 0 Å². The van der Waals surface area contributed by atoms with Crippen molar-refractivity contribution in [2.75, 3.05) is 30.0 Å². The van der Waals surface area contributed by atoms with Crippen molar-refractivity contribution in [3.8, 4) is 0 Å². The van der Waals surface area contributed by atoms with Crippen LogP contribution in [0.2, 0.25) is 14.8 Å². The van der Waals surface area contributed by atoms with Crippen molar-refractivity contribution in [2.45, 2.75) is 33.7 Å². The molecule has 0 spiro atoms. The summed E-state index contributed by atoms with van der Waals surface area (Å²) in [6, 6.07) is 0.322. The Kier molecular flexibility index (Phi) is 4.09. The Morgan fingerprint density at radius 3 is 2.71 bits per heavy atom. The third-order valence-electron chi connectivity index (χ3n) is 4.00. The van der Waals surface area contributed by atoms with E-state index in [0.29, 0.717) is 18.4 Å². The van der Waals surface area contributed by atoms with Gasteiger partial charge in [-0.3, -0.25) is 0 Å². The van der Waals surface area contributed by atoms with Gasteiger partial charge in [-0.15, -0.1) is 0 Å². The molecule has 0 saturated carbocycles. The van der Waals surface area contributed by atoms with Crippen LogP contribution in [0.25, 0.3) is 0 Å². The molecule has 0 unspecified atom stereocenters. The Morgan fingerprint density at radius 1 is 1.33 bits per heavy atom. The number of ether oxygens (including phenoxy) is 1. The van der Waals surface area contributed by atoms with Gasteiger partial charge in [-0.2, -0.15) is 0 Å². The fourth-order valence-electron chi connectivity index (χ4n) is 2.73. The third kappa shape index (κ3) is 3.15. The van der Waals surface area contributed by atoms with Crippen LogP contribution in [0.4, 0.5) is 11.6 Å². The van der Waals surface area contributed by atoms with Crippen molar-refractivity contribution in [3.63, 3.8) is 0 Å². The van der Waals surface area contributed by atoms with Gasteiger partial charge < -0.3 is 0 Å². The minimum absolute atomic E-state index is 0.00434. The summed E-state index contributed by atoms with van der Waals surface area (Å²) in [6.45, 7) is 1.88. The topological polar surface area (TPSA) is 67.3 Å². The van der Waals surface area contributed by atoms with E-state index in [2.05, 4.69) is 30.0 Å². The van der Waals surface area contributed by atoms with Crippen LogP contribution in [-0.4, -0.2) is 60.1 Å². The molecule has 1 N–H and O–H groups in total. The second kappa shape index (κ2) is 5.72. The molecule has 21 heavy (non-hydrogen) atoms. The van der Waals surface area contributed by atoms with E-state index in [9.17, 15) is 4.79 Å². The average molecular weight is 397 g/mol. The molecule has 1 aromatic rings. The van der Waals surface area contributed by atoms with Gasteiger partial charge in [0.2, 0.25) is 0 Å². The van der Waals surface area contributed by atoms with Crippen LogP contribution in [0.1, 0.15) is 12.8 Å². The number of hydrogen-bond donors (Lipinski definition) is 1. The van der Waals surface area contributed by atoms with Gasteiger partial charge in [-0.1, -0.05) is 0 Å². The molecule has 1 amide bonds. The molecular formula is C14H22N4O2Sn. The van der Waals surface area contributed by atoms with Gasteiger partial charge in [0.1, 0.15) is 0 Å².